The van der Waals surface area contributed by atoms with E-state index >= 15 is 0 Å². The Balaban J connectivity index is 1.84. The Morgan fingerprint density at radius 1 is 0.923 bits per heavy atom. The zero-order valence-corrected chi connectivity index (χ0v) is 12.9. The average molecular weight is 359 g/mol. The standard InChI is InChI=1S/C17H9F4N5/c18-13-2-1-10(7-12(13)11-3-5-23-24-8-11)14-9-22-16-25-15(17(19,20)21)4-6-26(14)16/h1-9H. The second-order valence-corrected chi connectivity index (χ2v) is 5.45. The highest BCUT2D eigenvalue weighted by molar-refractivity contribution is 5.72. The van der Waals surface area contributed by atoms with Gasteiger partial charge < -0.3 is 0 Å². The predicted molar refractivity (Wildman–Crippen MR) is 84.4 cm³/mol. The molecular weight excluding hydrogens is 350 g/mol. The first-order valence-corrected chi connectivity index (χ1v) is 7.42. The van der Waals surface area contributed by atoms with E-state index in [-0.39, 0.29) is 5.78 Å². The van der Waals surface area contributed by atoms with Crippen molar-refractivity contribution in [2.24, 2.45) is 0 Å². The summed E-state index contributed by atoms with van der Waals surface area (Å²) in [5, 5.41) is 7.38. The van der Waals surface area contributed by atoms with E-state index in [9.17, 15) is 17.6 Å². The van der Waals surface area contributed by atoms with Gasteiger partial charge in [-0.1, -0.05) is 0 Å². The summed E-state index contributed by atoms with van der Waals surface area (Å²) in [4.78, 5) is 7.46. The second-order valence-electron chi connectivity index (χ2n) is 5.45. The summed E-state index contributed by atoms with van der Waals surface area (Å²) in [5.74, 6) is -0.542. The fraction of sp³-hybridized carbons (Fsp3) is 0.0588. The Hall–Kier alpha value is -3.36. The van der Waals surface area contributed by atoms with E-state index in [0.29, 0.717) is 22.4 Å². The van der Waals surface area contributed by atoms with Gasteiger partial charge in [-0.25, -0.2) is 14.4 Å². The van der Waals surface area contributed by atoms with Gasteiger partial charge in [-0.05, 0) is 30.3 Å². The van der Waals surface area contributed by atoms with Crippen LogP contribution in [0.3, 0.4) is 0 Å². The quantitative estimate of drug-likeness (QED) is 0.508. The maximum Gasteiger partial charge on any atom is 0.433 e. The van der Waals surface area contributed by atoms with E-state index < -0.39 is 17.7 Å². The smallest absolute Gasteiger partial charge is 0.284 e. The lowest BCUT2D eigenvalue weighted by Crippen LogP contribution is -2.09. The van der Waals surface area contributed by atoms with Crippen molar-refractivity contribution in [3.63, 3.8) is 0 Å². The van der Waals surface area contributed by atoms with Crippen molar-refractivity contribution in [1.82, 2.24) is 24.6 Å². The minimum atomic E-state index is -4.55. The number of imidazole rings is 1. The molecule has 0 atom stereocenters. The van der Waals surface area contributed by atoms with Gasteiger partial charge in [0.1, 0.15) is 11.5 Å². The molecule has 0 aliphatic carbocycles. The Morgan fingerprint density at radius 2 is 1.77 bits per heavy atom. The lowest BCUT2D eigenvalue weighted by atomic mass is 10.0. The Labute approximate surface area is 144 Å². The van der Waals surface area contributed by atoms with Gasteiger partial charge in [0.2, 0.25) is 5.78 Å². The summed E-state index contributed by atoms with van der Waals surface area (Å²) < 4.78 is 53.9. The molecule has 0 saturated heterocycles. The molecule has 0 spiro atoms. The monoisotopic (exact) mass is 359 g/mol. The molecule has 0 aliphatic rings. The molecule has 1 aromatic carbocycles. The highest BCUT2D eigenvalue weighted by atomic mass is 19.4. The molecule has 26 heavy (non-hydrogen) atoms. The van der Waals surface area contributed by atoms with Gasteiger partial charge in [-0.3, -0.25) is 4.40 Å². The maximum atomic E-state index is 14.2. The average Bonchev–Trinajstić information content (AvgIpc) is 3.05. The molecule has 0 aliphatic heterocycles. The van der Waals surface area contributed by atoms with E-state index in [1.54, 1.807) is 12.1 Å². The Kier molecular flexibility index (Phi) is 3.64. The third-order valence-corrected chi connectivity index (χ3v) is 3.83. The number of fused-ring (bicyclic) bond motifs is 1. The van der Waals surface area contributed by atoms with E-state index in [0.717, 1.165) is 6.07 Å². The SMILES string of the molecule is Fc1ccc(-c2cnc3nc(C(F)(F)F)ccn23)cc1-c1ccnnc1. The fourth-order valence-corrected chi connectivity index (χ4v) is 2.60. The first-order chi connectivity index (χ1) is 12.4. The van der Waals surface area contributed by atoms with E-state index in [4.69, 9.17) is 0 Å². The molecule has 0 N–H and O–H groups in total. The normalized spacial score (nSPS) is 11.8. The number of rotatable bonds is 2. The topological polar surface area (TPSA) is 56.0 Å². The van der Waals surface area contributed by atoms with Crippen molar-refractivity contribution in [2.75, 3.05) is 0 Å². The van der Waals surface area contributed by atoms with Crippen molar-refractivity contribution in [2.45, 2.75) is 6.18 Å². The summed E-state index contributed by atoms with van der Waals surface area (Å²) in [6.45, 7) is 0. The summed E-state index contributed by atoms with van der Waals surface area (Å²) in [5.41, 5.74) is 0.874. The fourth-order valence-electron chi connectivity index (χ4n) is 2.60. The van der Waals surface area contributed by atoms with Gasteiger partial charge in [0.25, 0.3) is 0 Å². The summed E-state index contributed by atoms with van der Waals surface area (Å²) in [6.07, 6.45) is 0.951. The van der Waals surface area contributed by atoms with Crippen LogP contribution in [0.4, 0.5) is 17.6 Å². The third-order valence-electron chi connectivity index (χ3n) is 3.83. The van der Waals surface area contributed by atoms with E-state index in [2.05, 4.69) is 20.2 Å². The molecule has 0 saturated carbocycles. The van der Waals surface area contributed by atoms with Crippen LogP contribution in [-0.4, -0.2) is 24.6 Å². The van der Waals surface area contributed by atoms with Gasteiger partial charge in [0.15, 0.2) is 0 Å². The molecule has 130 valence electrons. The number of aromatic nitrogens is 5. The van der Waals surface area contributed by atoms with Gasteiger partial charge in [-0.15, -0.1) is 0 Å². The van der Waals surface area contributed by atoms with Crippen LogP contribution >= 0.6 is 0 Å². The van der Waals surface area contributed by atoms with Crippen LogP contribution in [0.25, 0.3) is 28.2 Å². The van der Waals surface area contributed by atoms with Crippen LogP contribution in [0, 0.1) is 5.82 Å². The molecule has 4 aromatic rings. The molecule has 5 nitrogen and oxygen atoms in total. The number of nitrogens with zero attached hydrogens (tertiary/aromatic N) is 5. The van der Waals surface area contributed by atoms with Crippen molar-refractivity contribution in [3.8, 4) is 22.4 Å². The molecule has 9 heteroatoms. The first-order valence-electron chi connectivity index (χ1n) is 7.42. The number of hydrogen-bond donors (Lipinski definition) is 0. The van der Waals surface area contributed by atoms with Crippen molar-refractivity contribution >= 4 is 5.78 Å². The van der Waals surface area contributed by atoms with Crippen molar-refractivity contribution < 1.29 is 17.6 Å². The third kappa shape index (κ3) is 2.77. The Bertz CT molecular complexity index is 1090. The second kappa shape index (κ2) is 5.87. The highest BCUT2D eigenvalue weighted by Gasteiger charge is 2.33. The summed E-state index contributed by atoms with van der Waals surface area (Å²) in [7, 11) is 0. The minimum absolute atomic E-state index is 0.0914. The molecule has 3 heterocycles. The van der Waals surface area contributed by atoms with Crippen LogP contribution in [0.15, 0.2) is 55.1 Å². The van der Waals surface area contributed by atoms with Crippen molar-refractivity contribution in [3.05, 3.63) is 66.6 Å². The molecule has 0 radical (unpaired) electrons. The maximum absolute atomic E-state index is 14.2. The van der Waals surface area contributed by atoms with Gasteiger partial charge in [0, 0.05) is 22.9 Å². The van der Waals surface area contributed by atoms with Crippen LogP contribution in [0.5, 0.6) is 0 Å². The van der Waals surface area contributed by atoms with Crippen LogP contribution < -0.4 is 0 Å². The van der Waals surface area contributed by atoms with E-state index in [1.165, 1.54) is 41.3 Å². The summed E-state index contributed by atoms with van der Waals surface area (Å²) in [6, 6.07) is 6.86. The predicted octanol–water partition coefficient (Wildman–Crippen LogP) is 4.01. The molecule has 0 unspecified atom stereocenters. The zero-order valence-electron chi connectivity index (χ0n) is 12.9. The number of hydrogen-bond acceptors (Lipinski definition) is 4. The molecule has 0 amide bonds. The van der Waals surface area contributed by atoms with Crippen LogP contribution in [0.1, 0.15) is 5.69 Å². The van der Waals surface area contributed by atoms with Gasteiger partial charge in [0.05, 0.1) is 24.3 Å². The minimum Gasteiger partial charge on any atom is -0.284 e. The molecule has 0 fully saturated rings. The number of halogens is 4. The Morgan fingerprint density at radius 3 is 2.50 bits per heavy atom. The largest absolute Gasteiger partial charge is 0.433 e. The van der Waals surface area contributed by atoms with Crippen molar-refractivity contribution in [1.29, 1.82) is 0 Å². The lowest BCUT2D eigenvalue weighted by Gasteiger charge is -2.08. The van der Waals surface area contributed by atoms with Gasteiger partial charge >= 0.3 is 6.18 Å². The molecule has 0 bridgehead atoms. The van der Waals surface area contributed by atoms with Crippen LogP contribution in [0.2, 0.25) is 0 Å². The number of alkyl halides is 3. The number of benzene rings is 1. The lowest BCUT2D eigenvalue weighted by molar-refractivity contribution is -0.141. The molecule has 4 rings (SSSR count). The zero-order chi connectivity index (χ0) is 18.3. The van der Waals surface area contributed by atoms with Crippen LogP contribution in [-0.2, 0) is 6.18 Å². The summed E-state index contributed by atoms with van der Waals surface area (Å²) >= 11 is 0. The molecular formula is C17H9F4N5. The molecule has 3 aromatic heterocycles. The van der Waals surface area contributed by atoms with E-state index in [1.807, 2.05) is 0 Å². The van der Waals surface area contributed by atoms with Gasteiger partial charge in [-0.2, -0.15) is 23.4 Å². The highest BCUT2D eigenvalue weighted by Crippen LogP contribution is 2.31. The first kappa shape index (κ1) is 16.1.